The van der Waals surface area contributed by atoms with Crippen molar-refractivity contribution in [2.75, 3.05) is 46.6 Å². The lowest BCUT2D eigenvalue weighted by Crippen LogP contribution is -2.63. The molecular formula is C26H36N2O10. The van der Waals surface area contributed by atoms with Crippen molar-refractivity contribution in [2.45, 2.75) is 57.9 Å². The van der Waals surface area contributed by atoms with Gasteiger partial charge in [0.05, 0.1) is 29.9 Å². The van der Waals surface area contributed by atoms with Crippen molar-refractivity contribution in [3.05, 3.63) is 33.7 Å². The third-order valence-corrected chi connectivity index (χ3v) is 6.95. The number of morpholine rings is 1. The van der Waals surface area contributed by atoms with Gasteiger partial charge in [0.15, 0.2) is 0 Å². The van der Waals surface area contributed by atoms with Gasteiger partial charge in [0.2, 0.25) is 6.29 Å². The fourth-order valence-electron chi connectivity index (χ4n) is 4.83. The molecule has 2 aliphatic rings. The van der Waals surface area contributed by atoms with E-state index in [4.69, 9.17) is 28.2 Å². The first kappa shape index (κ1) is 28.3. The summed E-state index contributed by atoms with van der Waals surface area (Å²) >= 11 is 0. The number of fused-ring (bicyclic) bond motifs is 1. The van der Waals surface area contributed by atoms with Crippen LogP contribution in [0.2, 0.25) is 0 Å². The third kappa shape index (κ3) is 5.65. The Morgan fingerprint density at radius 3 is 2.61 bits per heavy atom. The molecule has 3 heterocycles. The molecule has 4 rings (SSSR count). The van der Waals surface area contributed by atoms with E-state index in [-0.39, 0.29) is 33.7 Å². The molecule has 0 spiro atoms. The molecule has 12 nitrogen and oxygen atoms in total. The van der Waals surface area contributed by atoms with Crippen molar-refractivity contribution in [3.63, 3.8) is 0 Å². The second-order valence-electron chi connectivity index (χ2n) is 9.99. The SMILES string of the molecule is CO[C@@H]1[C@H](O)[C@@H](O)[C@H](Oc2ccc3c(O)c(C(C)=NOCCN4CCOCC4)c(=O)oc3c2C)OC1(C)C. The van der Waals surface area contributed by atoms with Crippen molar-refractivity contribution < 1.29 is 43.5 Å². The maximum Gasteiger partial charge on any atom is 0.349 e. The molecule has 1 aromatic heterocycles. The molecule has 0 bridgehead atoms. The highest BCUT2D eigenvalue weighted by atomic mass is 16.7. The standard InChI is InChI=1S/C26H36N2O10/c1-14-17(36-25-21(31)20(30)23(33-5)26(3,4)38-25)7-6-16-19(29)18(24(32)37-22(14)16)15(2)27-35-13-10-28-8-11-34-12-9-28/h6-7,20-21,23,25,29-31H,8-13H2,1-5H3/t20-,21-,23-,25-/m1/s1. The Morgan fingerprint density at radius 1 is 1.21 bits per heavy atom. The molecule has 2 aromatic rings. The summed E-state index contributed by atoms with van der Waals surface area (Å²) in [6.07, 6.45) is -4.63. The molecule has 12 heteroatoms. The van der Waals surface area contributed by atoms with E-state index in [9.17, 15) is 20.1 Å². The van der Waals surface area contributed by atoms with E-state index in [0.29, 0.717) is 31.9 Å². The number of aliphatic hydroxyl groups is 2. The van der Waals surface area contributed by atoms with Gasteiger partial charge in [0.25, 0.3) is 0 Å². The average Bonchev–Trinajstić information content (AvgIpc) is 2.87. The number of oxime groups is 1. The highest BCUT2D eigenvalue weighted by Crippen LogP contribution is 2.37. The summed E-state index contributed by atoms with van der Waals surface area (Å²) in [7, 11) is 1.42. The van der Waals surface area contributed by atoms with Crippen molar-refractivity contribution in [3.8, 4) is 11.5 Å². The van der Waals surface area contributed by atoms with Crippen LogP contribution in [0.5, 0.6) is 11.5 Å². The minimum atomic E-state index is -1.40. The number of benzene rings is 1. The highest BCUT2D eigenvalue weighted by Gasteiger charge is 2.50. The molecule has 0 amide bonds. The van der Waals surface area contributed by atoms with Gasteiger partial charge in [-0.05, 0) is 39.8 Å². The van der Waals surface area contributed by atoms with E-state index in [1.165, 1.54) is 13.2 Å². The summed E-state index contributed by atoms with van der Waals surface area (Å²) in [5, 5.41) is 36.3. The number of nitrogens with zero attached hydrogens (tertiary/aromatic N) is 2. The Morgan fingerprint density at radius 2 is 1.92 bits per heavy atom. The lowest BCUT2D eigenvalue weighted by Gasteiger charge is -2.46. The zero-order valence-corrected chi connectivity index (χ0v) is 22.3. The molecule has 2 fully saturated rings. The topological polar surface area (TPSA) is 153 Å². The van der Waals surface area contributed by atoms with Crippen LogP contribution in [0.3, 0.4) is 0 Å². The number of hydrogen-bond donors (Lipinski definition) is 3. The van der Waals surface area contributed by atoms with E-state index in [1.807, 2.05) is 0 Å². The van der Waals surface area contributed by atoms with Crippen molar-refractivity contribution in [1.29, 1.82) is 0 Å². The summed E-state index contributed by atoms with van der Waals surface area (Å²) in [5.41, 5.74) is -1.16. The fraction of sp³-hybridized carbons (Fsp3) is 0.615. The highest BCUT2D eigenvalue weighted by molar-refractivity contribution is 6.04. The smallest absolute Gasteiger partial charge is 0.349 e. The minimum Gasteiger partial charge on any atom is -0.506 e. The van der Waals surface area contributed by atoms with Crippen LogP contribution < -0.4 is 10.4 Å². The van der Waals surface area contributed by atoms with Crippen LogP contribution in [-0.4, -0.2) is 103 Å². The lowest BCUT2D eigenvalue weighted by atomic mass is 9.89. The number of aryl methyl sites for hydroxylation is 1. The van der Waals surface area contributed by atoms with E-state index in [1.54, 1.807) is 33.8 Å². The first-order valence-electron chi connectivity index (χ1n) is 12.5. The van der Waals surface area contributed by atoms with Gasteiger partial charge in [-0.1, -0.05) is 5.16 Å². The lowest BCUT2D eigenvalue weighted by molar-refractivity contribution is -0.306. The number of aromatic hydroxyl groups is 1. The van der Waals surface area contributed by atoms with Crippen molar-refractivity contribution >= 4 is 16.7 Å². The summed E-state index contributed by atoms with van der Waals surface area (Å²) in [5.74, 6) is -0.0510. The van der Waals surface area contributed by atoms with E-state index in [2.05, 4.69) is 10.1 Å². The van der Waals surface area contributed by atoms with Gasteiger partial charge in [-0.2, -0.15) is 0 Å². The minimum absolute atomic E-state index is 0.0987. The van der Waals surface area contributed by atoms with Gasteiger partial charge in [-0.15, -0.1) is 0 Å². The van der Waals surface area contributed by atoms with Gasteiger partial charge < -0.3 is 43.5 Å². The largest absolute Gasteiger partial charge is 0.506 e. The first-order valence-corrected chi connectivity index (χ1v) is 12.5. The molecule has 0 saturated carbocycles. The number of rotatable bonds is 8. The van der Waals surface area contributed by atoms with Gasteiger partial charge in [-0.25, -0.2) is 4.79 Å². The normalized spacial score (nSPS) is 26.4. The molecule has 2 saturated heterocycles. The Kier molecular flexibility index (Phi) is 8.60. The predicted molar refractivity (Wildman–Crippen MR) is 137 cm³/mol. The molecule has 0 aliphatic carbocycles. The van der Waals surface area contributed by atoms with Crippen LogP contribution in [0.1, 0.15) is 31.9 Å². The number of methoxy groups -OCH3 is 1. The van der Waals surface area contributed by atoms with Crippen LogP contribution in [0.4, 0.5) is 0 Å². The Bertz CT molecular complexity index is 1220. The average molecular weight is 537 g/mol. The predicted octanol–water partition coefficient (Wildman–Crippen LogP) is 1.13. The van der Waals surface area contributed by atoms with Gasteiger partial charge in [-0.3, -0.25) is 4.90 Å². The molecule has 3 N–H and O–H groups in total. The Labute approximate surface area is 220 Å². The Balaban J connectivity index is 1.53. The van der Waals surface area contributed by atoms with Crippen LogP contribution in [0.15, 0.2) is 26.5 Å². The molecular weight excluding hydrogens is 500 g/mol. The second kappa shape index (κ2) is 11.6. The van der Waals surface area contributed by atoms with Gasteiger partial charge in [0, 0.05) is 32.3 Å². The molecule has 0 unspecified atom stereocenters. The first-order chi connectivity index (χ1) is 18.0. The maximum absolute atomic E-state index is 12.8. The van der Waals surface area contributed by atoms with Crippen LogP contribution in [-0.2, 0) is 19.0 Å². The molecule has 1 aromatic carbocycles. The molecule has 2 aliphatic heterocycles. The van der Waals surface area contributed by atoms with Crippen LogP contribution >= 0.6 is 0 Å². The quantitative estimate of drug-likeness (QED) is 0.193. The van der Waals surface area contributed by atoms with Gasteiger partial charge in [0.1, 0.15) is 47.6 Å². The zero-order valence-electron chi connectivity index (χ0n) is 22.3. The van der Waals surface area contributed by atoms with Crippen molar-refractivity contribution in [2.24, 2.45) is 5.16 Å². The maximum atomic E-state index is 12.8. The fourth-order valence-corrected chi connectivity index (χ4v) is 4.83. The number of hydrogen-bond acceptors (Lipinski definition) is 12. The van der Waals surface area contributed by atoms with Crippen molar-refractivity contribution in [1.82, 2.24) is 4.90 Å². The molecule has 0 radical (unpaired) electrons. The molecule has 4 atom stereocenters. The third-order valence-electron chi connectivity index (χ3n) is 6.95. The summed E-state index contributed by atoms with van der Waals surface area (Å²) in [6, 6.07) is 3.09. The monoisotopic (exact) mass is 536 g/mol. The summed E-state index contributed by atoms with van der Waals surface area (Å²) < 4.78 is 27.9. The zero-order chi connectivity index (χ0) is 27.6. The van der Waals surface area contributed by atoms with E-state index >= 15 is 0 Å². The van der Waals surface area contributed by atoms with Gasteiger partial charge >= 0.3 is 5.63 Å². The number of ether oxygens (including phenoxy) is 4. The van der Waals surface area contributed by atoms with Crippen LogP contribution in [0.25, 0.3) is 11.0 Å². The second-order valence-corrected chi connectivity index (χ2v) is 9.99. The van der Waals surface area contributed by atoms with Crippen LogP contribution in [0, 0.1) is 6.92 Å². The molecule has 210 valence electrons. The summed E-state index contributed by atoms with van der Waals surface area (Å²) in [6.45, 7) is 10.6. The number of aliphatic hydroxyl groups excluding tert-OH is 2. The van der Waals surface area contributed by atoms with E-state index in [0.717, 1.165) is 13.1 Å². The Hall–Kier alpha value is -2.74. The summed E-state index contributed by atoms with van der Waals surface area (Å²) in [4.78, 5) is 20.4. The van der Waals surface area contributed by atoms with E-state index < -0.39 is 35.8 Å². The molecule has 38 heavy (non-hydrogen) atoms.